The molecule has 2 aliphatic rings. The summed E-state index contributed by atoms with van der Waals surface area (Å²) in [5.41, 5.74) is 1.82. The second-order valence-electron chi connectivity index (χ2n) is 6.73. The number of carbonyl (C=O) groups excluding carboxylic acids is 1. The number of nitrogens with one attached hydrogen (secondary N) is 2. The predicted molar refractivity (Wildman–Crippen MR) is 82.3 cm³/mol. The van der Waals surface area contributed by atoms with E-state index in [1.807, 2.05) is 20.0 Å². The Bertz CT molecular complexity index is 511. The normalized spacial score (nSPS) is 25.0. The first kappa shape index (κ1) is 14.6. The molecule has 3 rings (SSSR count). The minimum absolute atomic E-state index is 0.0101. The lowest BCUT2D eigenvalue weighted by Crippen LogP contribution is -2.57. The Kier molecular flexibility index (Phi) is 4.02. The van der Waals surface area contributed by atoms with Gasteiger partial charge in [-0.1, -0.05) is 19.3 Å². The average molecular weight is 290 g/mol. The Morgan fingerprint density at radius 2 is 2.19 bits per heavy atom. The topological polar surface area (TPSA) is 59.0 Å². The van der Waals surface area contributed by atoms with Crippen LogP contribution in [0.1, 0.15) is 61.1 Å². The molecule has 1 saturated carbocycles. The lowest BCUT2D eigenvalue weighted by atomic mass is 9.75. The molecule has 1 aliphatic carbocycles. The third-order valence-electron chi connectivity index (χ3n) is 5.01. The molecule has 1 aromatic heterocycles. The number of hydrogen-bond acceptors (Lipinski definition) is 3. The average Bonchev–Trinajstić information content (AvgIpc) is 2.79. The summed E-state index contributed by atoms with van der Waals surface area (Å²) in [7, 11) is 1.83. The molecule has 0 bridgehead atoms. The van der Waals surface area contributed by atoms with Crippen LogP contribution >= 0.6 is 0 Å². The fourth-order valence-electron chi connectivity index (χ4n) is 3.97. The molecule has 0 aromatic carbocycles. The number of carbonyl (C=O) groups is 1. The van der Waals surface area contributed by atoms with Gasteiger partial charge in [0.15, 0.2) is 0 Å². The van der Waals surface area contributed by atoms with Crippen LogP contribution in [0.4, 0.5) is 0 Å². The Balaban J connectivity index is 1.64. The fraction of sp³-hybridized carbons (Fsp3) is 0.750. The molecule has 1 unspecified atom stereocenters. The minimum atomic E-state index is 0.0101. The van der Waals surface area contributed by atoms with Crippen LogP contribution < -0.4 is 10.6 Å². The largest absolute Gasteiger partial charge is 0.348 e. The van der Waals surface area contributed by atoms with E-state index >= 15 is 0 Å². The Hall–Kier alpha value is -1.36. The van der Waals surface area contributed by atoms with Gasteiger partial charge in [0.2, 0.25) is 0 Å². The standard InChI is InChI=1S/C16H26N4O/c1-12-10-14(20(2)19-12)15(21)18-13-6-9-17-16(11-13)7-4-3-5-8-16/h10,13,17H,3-9,11H2,1-2H3,(H,18,21). The summed E-state index contributed by atoms with van der Waals surface area (Å²) in [6, 6.07) is 2.14. The van der Waals surface area contributed by atoms with Crippen molar-refractivity contribution in [3.63, 3.8) is 0 Å². The summed E-state index contributed by atoms with van der Waals surface area (Å²) in [5, 5.41) is 11.2. The van der Waals surface area contributed by atoms with Crippen LogP contribution in [-0.4, -0.2) is 33.8 Å². The van der Waals surface area contributed by atoms with Crippen molar-refractivity contribution in [3.8, 4) is 0 Å². The first-order valence-corrected chi connectivity index (χ1v) is 8.15. The highest BCUT2D eigenvalue weighted by Gasteiger charge is 2.37. The van der Waals surface area contributed by atoms with Crippen molar-refractivity contribution in [2.24, 2.45) is 7.05 Å². The summed E-state index contributed by atoms with van der Waals surface area (Å²) in [6.45, 7) is 2.92. The zero-order valence-corrected chi connectivity index (χ0v) is 13.1. The van der Waals surface area contributed by atoms with Gasteiger partial charge in [-0.3, -0.25) is 9.48 Å². The first-order chi connectivity index (χ1) is 10.1. The van der Waals surface area contributed by atoms with E-state index in [4.69, 9.17) is 0 Å². The molecule has 1 atom stereocenters. The van der Waals surface area contributed by atoms with Crippen molar-refractivity contribution in [1.29, 1.82) is 0 Å². The lowest BCUT2D eigenvalue weighted by Gasteiger charge is -2.44. The van der Waals surface area contributed by atoms with Gasteiger partial charge in [0.1, 0.15) is 5.69 Å². The number of hydrogen-bond donors (Lipinski definition) is 2. The van der Waals surface area contributed by atoms with Gasteiger partial charge < -0.3 is 10.6 Å². The number of piperidine rings is 1. The van der Waals surface area contributed by atoms with E-state index in [0.717, 1.165) is 25.1 Å². The van der Waals surface area contributed by atoms with Gasteiger partial charge in [-0.25, -0.2) is 0 Å². The van der Waals surface area contributed by atoms with E-state index in [9.17, 15) is 4.79 Å². The molecule has 5 nitrogen and oxygen atoms in total. The quantitative estimate of drug-likeness (QED) is 0.875. The summed E-state index contributed by atoms with van der Waals surface area (Å²) in [5.74, 6) is 0.0101. The molecule has 1 saturated heterocycles. The second kappa shape index (κ2) is 5.79. The number of aromatic nitrogens is 2. The molecule has 0 radical (unpaired) electrons. The van der Waals surface area contributed by atoms with E-state index in [0.29, 0.717) is 5.69 Å². The number of amides is 1. The van der Waals surface area contributed by atoms with Gasteiger partial charge in [0, 0.05) is 18.6 Å². The summed E-state index contributed by atoms with van der Waals surface area (Å²) >= 11 is 0. The van der Waals surface area contributed by atoms with E-state index in [1.54, 1.807) is 4.68 Å². The fourth-order valence-corrected chi connectivity index (χ4v) is 3.97. The van der Waals surface area contributed by atoms with E-state index in [-0.39, 0.29) is 17.5 Å². The van der Waals surface area contributed by atoms with Gasteiger partial charge in [-0.15, -0.1) is 0 Å². The molecule has 116 valence electrons. The SMILES string of the molecule is Cc1cc(C(=O)NC2CCNC3(CCCCC3)C2)n(C)n1. The maximum atomic E-state index is 12.4. The zero-order chi connectivity index (χ0) is 14.9. The molecule has 5 heteroatoms. The molecule has 2 N–H and O–H groups in total. The minimum Gasteiger partial charge on any atom is -0.348 e. The van der Waals surface area contributed by atoms with E-state index in [2.05, 4.69) is 15.7 Å². The van der Waals surface area contributed by atoms with Crippen LogP contribution in [0.2, 0.25) is 0 Å². The van der Waals surface area contributed by atoms with Crippen molar-refractivity contribution in [3.05, 3.63) is 17.5 Å². The number of aryl methyl sites for hydroxylation is 2. The molecule has 2 fully saturated rings. The van der Waals surface area contributed by atoms with Gasteiger partial charge in [-0.05, 0) is 45.2 Å². The highest BCUT2D eigenvalue weighted by atomic mass is 16.2. The van der Waals surface area contributed by atoms with Crippen LogP contribution in [0.25, 0.3) is 0 Å². The molecular weight excluding hydrogens is 264 g/mol. The van der Waals surface area contributed by atoms with Crippen LogP contribution in [0.15, 0.2) is 6.07 Å². The Labute approximate surface area is 126 Å². The third-order valence-corrected chi connectivity index (χ3v) is 5.01. The van der Waals surface area contributed by atoms with Gasteiger partial charge in [-0.2, -0.15) is 5.10 Å². The second-order valence-corrected chi connectivity index (χ2v) is 6.73. The predicted octanol–water partition coefficient (Wildman–Crippen LogP) is 1.91. The summed E-state index contributed by atoms with van der Waals surface area (Å²) in [6.07, 6.45) is 8.58. The molecule has 1 spiro atoms. The van der Waals surface area contributed by atoms with Crippen molar-refractivity contribution in [1.82, 2.24) is 20.4 Å². The number of nitrogens with zero attached hydrogens (tertiary/aromatic N) is 2. The zero-order valence-electron chi connectivity index (χ0n) is 13.1. The van der Waals surface area contributed by atoms with Crippen LogP contribution in [0.3, 0.4) is 0 Å². The number of rotatable bonds is 2. The lowest BCUT2D eigenvalue weighted by molar-refractivity contribution is 0.0883. The van der Waals surface area contributed by atoms with E-state index in [1.165, 1.54) is 32.1 Å². The molecule has 21 heavy (non-hydrogen) atoms. The highest BCUT2D eigenvalue weighted by Crippen LogP contribution is 2.34. The maximum Gasteiger partial charge on any atom is 0.269 e. The summed E-state index contributed by atoms with van der Waals surface area (Å²) in [4.78, 5) is 12.4. The highest BCUT2D eigenvalue weighted by molar-refractivity contribution is 5.92. The molecule has 1 amide bonds. The van der Waals surface area contributed by atoms with Crippen LogP contribution in [-0.2, 0) is 7.05 Å². The molecule has 1 aliphatic heterocycles. The smallest absolute Gasteiger partial charge is 0.269 e. The van der Waals surface area contributed by atoms with E-state index < -0.39 is 0 Å². The Morgan fingerprint density at radius 1 is 1.43 bits per heavy atom. The molecule has 2 heterocycles. The first-order valence-electron chi connectivity index (χ1n) is 8.15. The van der Waals surface area contributed by atoms with Crippen molar-refractivity contribution >= 4 is 5.91 Å². The molecular formula is C16H26N4O. The Morgan fingerprint density at radius 3 is 2.86 bits per heavy atom. The van der Waals surface area contributed by atoms with Crippen molar-refractivity contribution < 1.29 is 4.79 Å². The summed E-state index contributed by atoms with van der Waals surface area (Å²) < 4.78 is 1.67. The van der Waals surface area contributed by atoms with Crippen molar-refractivity contribution in [2.75, 3.05) is 6.54 Å². The van der Waals surface area contributed by atoms with Crippen LogP contribution in [0, 0.1) is 6.92 Å². The maximum absolute atomic E-state index is 12.4. The van der Waals surface area contributed by atoms with Gasteiger partial charge >= 0.3 is 0 Å². The van der Waals surface area contributed by atoms with Gasteiger partial charge in [0.25, 0.3) is 5.91 Å². The monoisotopic (exact) mass is 290 g/mol. The van der Waals surface area contributed by atoms with Crippen LogP contribution in [0.5, 0.6) is 0 Å². The van der Waals surface area contributed by atoms with Crippen molar-refractivity contribution in [2.45, 2.75) is 63.5 Å². The molecule has 1 aromatic rings. The van der Waals surface area contributed by atoms with Gasteiger partial charge in [0.05, 0.1) is 5.69 Å². The third kappa shape index (κ3) is 3.12.